The monoisotopic (exact) mass is 390 g/mol. The summed E-state index contributed by atoms with van der Waals surface area (Å²) in [5.41, 5.74) is -0.685. The van der Waals surface area contributed by atoms with Crippen LogP contribution >= 0.6 is 0 Å². The maximum absolute atomic E-state index is 12.7. The highest BCUT2D eigenvalue weighted by atomic mass is 16.6. The molecule has 0 N–H and O–H groups in total. The Kier molecular flexibility index (Phi) is 5.77. The molecule has 4 aliphatic carbocycles. The number of ether oxygens (including phenoxy) is 2. The van der Waals surface area contributed by atoms with E-state index in [2.05, 4.69) is 13.8 Å². The van der Waals surface area contributed by atoms with E-state index in [-0.39, 0.29) is 36.0 Å². The third-order valence-electron chi connectivity index (χ3n) is 8.27. The van der Waals surface area contributed by atoms with Gasteiger partial charge in [-0.15, -0.1) is 0 Å². The molecule has 0 aromatic carbocycles. The van der Waals surface area contributed by atoms with E-state index in [1.807, 2.05) is 0 Å². The van der Waals surface area contributed by atoms with Crippen LogP contribution in [0.1, 0.15) is 90.9 Å². The predicted octanol–water partition coefficient (Wildman–Crippen LogP) is 5.29. The lowest BCUT2D eigenvalue weighted by molar-refractivity contribution is -0.169. The first kappa shape index (κ1) is 20.2. The van der Waals surface area contributed by atoms with E-state index in [4.69, 9.17) is 9.47 Å². The molecular formula is C24H38O4. The van der Waals surface area contributed by atoms with Crippen LogP contribution in [0.3, 0.4) is 0 Å². The van der Waals surface area contributed by atoms with Crippen molar-refractivity contribution in [1.82, 2.24) is 0 Å². The fourth-order valence-corrected chi connectivity index (χ4v) is 7.21. The first-order valence-electron chi connectivity index (χ1n) is 11.7. The Morgan fingerprint density at radius 3 is 1.32 bits per heavy atom. The third kappa shape index (κ3) is 4.26. The summed E-state index contributed by atoms with van der Waals surface area (Å²) in [5, 5.41) is 0. The first-order valence-corrected chi connectivity index (χ1v) is 11.7. The van der Waals surface area contributed by atoms with Crippen molar-refractivity contribution in [3.63, 3.8) is 0 Å². The second-order valence-corrected chi connectivity index (χ2v) is 11.0. The van der Waals surface area contributed by atoms with Gasteiger partial charge in [-0.05, 0) is 76.0 Å². The highest BCUT2D eigenvalue weighted by Crippen LogP contribution is 2.50. The SMILES string of the molecule is CC1(C(=O)OCCOC(=O)C2(C)CC3CCCC(C3)C2)CC2CCCC(C2)C1. The molecule has 0 aromatic heterocycles. The van der Waals surface area contributed by atoms with Gasteiger partial charge < -0.3 is 9.47 Å². The molecule has 0 heterocycles. The number of hydrogen-bond acceptors (Lipinski definition) is 4. The fraction of sp³-hybridized carbons (Fsp3) is 0.917. The van der Waals surface area contributed by atoms with E-state index < -0.39 is 0 Å². The highest BCUT2D eigenvalue weighted by Gasteiger charge is 2.46. The van der Waals surface area contributed by atoms with E-state index in [0.29, 0.717) is 23.7 Å². The summed E-state index contributed by atoms with van der Waals surface area (Å²) in [7, 11) is 0. The smallest absolute Gasteiger partial charge is 0.311 e. The second-order valence-electron chi connectivity index (χ2n) is 11.0. The predicted molar refractivity (Wildman–Crippen MR) is 107 cm³/mol. The standard InChI is InChI=1S/C24H38O4/c1-23(13-17-5-3-6-18(11-17)14-23)21(25)27-9-10-28-22(26)24(2)15-19-7-4-8-20(12-19)16-24/h17-20H,3-16H2,1-2H3. The minimum atomic E-state index is -0.342. The minimum absolute atomic E-state index is 0.0847. The molecule has 4 fully saturated rings. The van der Waals surface area contributed by atoms with E-state index in [1.54, 1.807) is 0 Å². The normalized spacial score (nSPS) is 42.5. The van der Waals surface area contributed by atoms with Gasteiger partial charge in [0, 0.05) is 0 Å². The fourth-order valence-electron chi connectivity index (χ4n) is 7.21. The summed E-state index contributed by atoms with van der Waals surface area (Å²) < 4.78 is 11.2. The Labute approximate surface area is 170 Å². The molecular weight excluding hydrogens is 352 g/mol. The zero-order valence-electron chi connectivity index (χ0n) is 17.8. The minimum Gasteiger partial charge on any atom is -0.462 e. The number of carbonyl (C=O) groups is 2. The molecule has 4 atom stereocenters. The lowest BCUT2D eigenvalue weighted by Gasteiger charge is -2.44. The summed E-state index contributed by atoms with van der Waals surface area (Å²) >= 11 is 0. The van der Waals surface area contributed by atoms with Crippen LogP contribution in [0.5, 0.6) is 0 Å². The Morgan fingerprint density at radius 2 is 1.00 bits per heavy atom. The van der Waals surface area contributed by atoms with Gasteiger partial charge in [0.2, 0.25) is 0 Å². The van der Waals surface area contributed by atoms with Gasteiger partial charge in [-0.2, -0.15) is 0 Å². The second kappa shape index (κ2) is 7.99. The van der Waals surface area contributed by atoms with Gasteiger partial charge in [-0.3, -0.25) is 9.59 Å². The van der Waals surface area contributed by atoms with Gasteiger partial charge in [-0.25, -0.2) is 0 Å². The lowest BCUT2D eigenvalue weighted by Crippen LogP contribution is -2.41. The molecule has 28 heavy (non-hydrogen) atoms. The van der Waals surface area contributed by atoms with Crippen LogP contribution in [-0.2, 0) is 19.1 Å². The summed E-state index contributed by atoms with van der Waals surface area (Å²) in [6, 6.07) is 0. The van der Waals surface area contributed by atoms with Crippen LogP contribution in [0.15, 0.2) is 0 Å². The molecule has 4 heteroatoms. The van der Waals surface area contributed by atoms with Crippen molar-refractivity contribution in [3.05, 3.63) is 0 Å². The molecule has 4 bridgehead atoms. The molecule has 4 rings (SSSR count). The van der Waals surface area contributed by atoms with Crippen molar-refractivity contribution in [2.24, 2.45) is 34.5 Å². The molecule has 4 saturated carbocycles. The van der Waals surface area contributed by atoms with Crippen molar-refractivity contribution < 1.29 is 19.1 Å². The lowest BCUT2D eigenvalue weighted by atomic mass is 9.61. The number of fused-ring (bicyclic) bond motifs is 4. The van der Waals surface area contributed by atoms with Gasteiger partial charge in [0.25, 0.3) is 0 Å². The van der Waals surface area contributed by atoms with Gasteiger partial charge in [0.05, 0.1) is 10.8 Å². The quantitative estimate of drug-likeness (QED) is 0.473. The Bertz CT molecular complexity index is 521. The number of carbonyl (C=O) groups excluding carboxylic acids is 2. The van der Waals surface area contributed by atoms with Crippen molar-refractivity contribution in [1.29, 1.82) is 0 Å². The van der Waals surface area contributed by atoms with Gasteiger partial charge in [0.15, 0.2) is 0 Å². The molecule has 0 amide bonds. The highest BCUT2D eigenvalue weighted by molar-refractivity contribution is 5.77. The van der Waals surface area contributed by atoms with Crippen LogP contribution in [0.2, 0.25) is 0 Å². The molecule has 0 saturated heterocycles. The van der Waals surface area contributed by atoms with Crippen LogP contribution in [-0.4, -0.2) is 25.2 Å². The molecule has 4 nitrogen and oxygen atoms in total. The summed E-state index contributed by atoms with van der Waals surface area (Å²) in [6.45, 7) is 4.54. The number of esters is 2. The molecule has 0 aromatic rings. The van der Waals surface area contributed by atoms with E-state index in [9.17, 15) is 9.59 Å². The molecule has 158 valence electrons. The van der Waals surface area contributed by atoms with Gasteiger partial charge in [0.1, 0.15) is 13.2 Å². The zero-order chi connectivity index (χ0) is 19.8. The van der Waals surface area contributed by atoms with E-state index in [1.165, 1.54) is 51.4 Å². The molecule has 0 radical (unpaired) electrons. The van der Waals surface area contributed by atoms with Crippen molar-refractivity contribution in [2.75, 3.05) is 13.2 Å². The molecule has 4 aliphatic rings. The van der Waals surface area contributed by atoms with Gasteiger partial charge in [-0.1, -0.05) is 38.5 Å². The molecule has 0 aliphatic heterocycles. The van der Waals surface area contributed by atoms with Crippen molar-refractivity contribution in [3.8, 4) is 0 Å². The van der Waals surface area contributed by atoms with E-state index >= 15 is 0 Å². The van der Waals surface area contributed by atoms with Crippen molar-refractivity contribution in [2.45, 2.75) is 90.9 Å². The summed E-state index contributed by atoms with van der Waals surface area (Å²) in [6.07, 6.45) is 14.1. The summed E-state index contributed by atoms with van der Waals surface area (Å²) in [4.78, 5) is 25.5. The first-order chi connectivity index (χ1) is 13.4. The number of rotatable bonds is 5. The van der Waals surface area contributed by atoms with Gasteiger partial charge >= 0.3 is 11.9 Å². The van der Waals surface area contributed by atoms with E-state index in [0.717, 1.165) is 25.7 Å². The third-order valence-corrected chi connectivity index (χ3v) is 8.27. The molecule has 0 spiro atoms. The topological polar surface area (TPSA) is 52.6 Å². The van der Waals surface area contributed by atoms with Crippen LogP contribution in [0.25, 0.3) is 0 Å². The van der Waals surface area contributed by atoms with Crippen LogP contribution < -0.4 is 0 Å². The zero-order valence-corrected chi connectivity index (χ0v) is 17.8. The van der Waals surface area contributed by atoms with Crippen LogP contribution in [0.4, 0.5) is 0 Å². The van der Waals surface area contributed by atoms with Crippen LogP contribution in [0, 0.1) is 34.5 Å². The Balaban J connectivity index is 1.22. The maximum Gasteiger partial charge on any atom is 0.311 e. The number of hydrogen-bond donors (Lipinski definition) is 0. The molecule has 4 unspecified atom stereocenters. The van der Waals surface area contributed by atoms with Crippen molar-refractivity contribution >= 4 is 11.9 Å². The summed E-state index contributed by atoms with van der Waals surface area (Å²) in [5.74, 6) is 2.58. The average molecular weight is 391 g/mol. The maximum atomic E-state index is 12.7. The Morgan fingerprint density at radius 1 is 0.679 bits per heavy atom. The largest absolute Gasteiger partial charge is 0.462 e. The Hall–Kier alpha value is -1.06. The average Bonchev–Trinajstić information content (AvgIpc) is 2.64.